The third-order valence-electron chi connectivity index (χ3n) is 5.02. The number of rotatable bonds is 7. The predicted molar refractivity (Wildman–Crippen MR) is 91.4 cm³/mol. The van der Waals surface area contributed by atoms with Crippen LogP contribution < -0.4 is 5.32 Å². The number of aliphatic imine (C=N–C) groups is 1. The molecule has 0 unspecified atom stereocenters. The number of hydrogen-bond acceptors (Lipinski definition) is 3. The minimum Gasteiger partial charge on any atom is -0.467 e. The minimum atomic E-state index is 0.547. The highest BCUT2D eigenvalue weighted by Gasteiger charge is 2.43. The maximum Gasteiger partial charge on any atom is 0.193 e. The summed E-state index contributed by atoms with van der Waals surface area (Å²) in [6.07, 6.45) is 8.18. The van der Waals surface area contributed by atoms with Crippen LogP contribution in [0.1, 0.15) is 44.8 Å². The Balaban J connectivity index is 1.38. The van der Waals surface area contributed by atoms with Crippen LogP contribution in [-0.4, -0.2) is 43.6 Å². The van der Waals surface area contributed by atoms with E-state index in [0.717, 1.165) is 37.8 Å². The molecule has 1 aliphatic carbocycles. The molecule has 3 rings (SSSR count). The van der Waals surface area contributed by atoms with Gasteiger partial charge in [-0.05, 0) is 50.2 Å². The first kappa shape index (κ1) is 16.4. The van der Waals surface area contributed by atoms with Crippen molar-refractivity contribution in [3.8, 4) is 0 Å². The molecule has 2 aliphatic rings. The molecule has 0 radical (unpaired) electrons. The highest BCUT2D eigenvalue weighted by Crippen LogP contribution is 2.47. The van der Waals surface area contributed by atoms with Crippen molar-refractivity contribution in [3.05, 3.63) is 24.2 Å². The molecule has 1 aromatic heterocycles. The predicted octanol–water partition coefficient (Wildman–Crippen LogP) is 3.03. The van der Waals surface area contributed by atoms with E-state index in [1.165, 1.54) is 32.2 Å². The van der Waals surface area contributed by atoms with Crippen LogP contribution in [0.4, 0.5) is 0 Å². The van der Waals surface area contributed by atoms with Gasteiger partial charge in [-0.25, -0.2) is 0 Å². The van der Waals surface area contributed by atoms with E-state index in [-0.39, 0.29) is 0 Å². The average molecular weight is 319 g/mol. The number of nitrogens with one attached hydrogen (secondary N) is 1. The SMILES string of the molecule is CCNC(=NCCCOCc1ccco1)N1CCC2(CCC2)C1. The van der Waals surface area contributed by atoms with Gasteiger partial charge in [-0.15, -0.1) is 0 Å². The van der Waals surface area contributed by atoms with E-state index < -0.39 is 0 Å². The smallest absolute Gasteiger partial charge is 0.193 e. The fourth-order valence-electron chi connectivity index (χ4n) is 3.55. The average Bonchev–Trinajstić information content (AvgIpc) is 3.18. The molecule has 5 heteroatoms. The molecule has 1 saturated heterocycles. The van der Waals surface area contributed by atoms with Gasteiger partial charge in [0, 0.05) is 32.8 Å². The normalized spacial score (nSPS) is 20.0. The van der Waals surface area contributed by atoms with Crippen molar-refractivity contribution in [2.45, 2.75) is 45.6 Å². The molecule has 0 aromatic carbocycles. The van der Waals surface area contributed by atoms with Gasteiger partial charge >= 0.3 is 0 Å². The molecule has 5 nitrogen and oxygen atoms in total. The highest BCUT2D eigenvalue weighted by molar-refractivity contribution is 5.80. The molecule has 1 aromatic rings. The summed E-state index contributed by atoms with van der Waals surface area (Å²) < 4.78 is 10.9. The van der Waals surface area contributed by atoms with Crippen molar-refractivity contribution < 1.29 is 9.15 Å². The molecule has 1 saturated carbocycles. The zero-order valence-corrected chi connectivity index (χ0v) is 14.2. The molecule has 1 N–H and O–H groups in total. The molecule has 2 heterocycles. The largest absolute Gasteiger partial charge is 0.467 e. The van der Waals surface area contributed by atoms with Crippen LogP contribution in [0.3, 0.4) is 0 Å². The first-order chi connectivity index (χ1) is 11.3. The lowest BCUT2D eigenvalue weighted by Crippen LogP contribution is -2.42. The maximum absolute atomic E-state index is 5.61. The van der Waals surface area contributed by atoms with Gasteiger partial charge in [0.25, 0.3) is 0 Å². The summed E-state index contributed by atoms with van der Waals surface area (Å²) in [7, 11) is 0. The second-order valence-electron chi connectivity index (χ2n) is 6.75. The van der Waals surface area contributed by atoms with E-state index in [4.69, 9.17) is 14.1 Å². The van der Waals surface area contributed by atoms with Crippen molar-refractivity contribution in [3.63, 3.8) is 0 Å². The summed E-state index contributed by atoms with van der Waals surface area (Å²) in [6.45, 7) is 7.48. The molecule has 1 aliphatic heterocycles. The standard InChI is InChI=1S/C18H29N3O2/c1-2-19-17(21-11-9-18(15-21)7-4-8-18)20-10-5-12-22-14-16-6-3-13-23-16/h3,6,13H,2,4-5,7-12,14-15H2,1H3,(H,19,20). The van der Waals surface area contributed by atoms with E-state index in [0.29, 0.717) is 18.6 Å². The van der Waals surface area contributed by atoms with E-state index >= 15 is 0 Å². The van der Waals surface area contributed by atoms with Crippen LogP contribution >= 0.6 is 0 Å². The van der Waals surface area contributed by atoms with Crippen molar-refractivity contribution >= 4 is 5.96 Å². The summed E-state index contributed by atoms with van der Waals surface area (Å²) in [6, 6.07) is 3.82. The lowest BCUT2D eigenvalue weighted by molar-refractivity contribution is 0.105. The summed E-state index contributed by atoms with van der Waals surface area (Å²) in [4.78, 5) is 7.23. The number of nitrogens with zero attached hydrogens (tertiary/aromatic N) is 2. The maximum atomic E-state index is 5.61. The third kappa shape index (κ3) is 4.28. The van der Waals surface area contributed by atoms with Gasteiger partial charge in [-0.1, -0.05) is 6.42 Å². The molecule has 23 heavy (non-hydrogen) atoms. The molecule has 128 valence electrons. The van der Waals surface area contributed by atoms with Gasteiger partial charge in [0.05, 0.1) is 6.26 Å². The van der Waals surface area contributed by atoms with E-state index in [1.807, 2.05) is 12.1 Å². The van der Waals surface area contributed by atoms with Gasteiger partial charge < -0.3 is 19.4 Å². The fourth-order valence-corrected chi connectivity index (χ4v) is 3.55. The van der Waals surface area contributed by atoms with Crippen LogP contribution in [0.15, 0.2) is 27.8 Å². The monoisotopic (exact) mass is 319 g/mol. The third-order valence-corrected chi connectivity index (χ3v) is 5.02. The molecule has 0 atom stereocenters. The van der Waals surface area contributed by atoms with Crippen molar-refractivity contribution in [1.82, 2.24) is 10.2 Å². The second-order valence-corrected chi connectivity index (χ2v) is 6.75. The van der Waals surface area contributed by atoms with Crippen molar-refractivity contribution in [1.29, 1.82) is 0 Å². The highest BCUT2D eigenvalue weighted by atomic mass is 16.5. The zero-order chi connectivity index (χ0) is 16.0. The van der Waals surface area contributed by atoms with Crippen LogP contribution in [-0.2, 0) is 11.3 Å². The quantitative estimate of drug-likeness (QED) is 0.477. The van der Waals surface area contributed by atoms with Crippen LogP contribution in [0.5, 0.6) is 0 Å². The fraction of sp³-hybridized carbons (Fsp3) is 0.722. The summed E-state index contributed by atoms with van der Waals surface area (Å²) >= 11 is 0. The van der Waals surface area contributed by atoms with Gasteiger partial charge in [0.1, 0.15) is 12.4 Å². The van der Waals surface area contributed by atoms with Gasteiger partial charge in [0.2, 0.25) is 0 Å². The lowest BCUT2D eigenvalue weighted by Gasteiger charge is -2.38. The number of hydrogen-bond donors (Lipinski definition) is 1. The summed E-state index contributed by atoms with van der Waals surface area (Å²) in [5, 5.41) is 3.44. The van der Waals surface area contributed by atoms with Gasteiger partial charge in [0.15, 0.2) is 5.96 Å². The lowest BCUT2D eigenvalue weighted by atomic mass is 9.68. The van der Waals surface area contributed by atoms with Crippen LogP contribution in [0.2, 0.25) is 0 Å². The molecule has 0 bridgehead atoms. The number of likely N-dealkylation sites (tertiary alicyclic amines) is 1. The molecule has 0 amide bonds. The second kappa shape index (κ2) is 7.86. The minimum absolute atomic E-state index is 0.547. The molecular formula is C18H29N3O2. The Morgan fingerprint density at radius 2 is 2.35 bits per heavy atom. The Bertz CT molecular complexity index is 494. The Morgan fingerprint density at radius 1 is 1.43 bits per heavy atom. The van der Waals surface area contributed by atoms with Crippen molar-refractivity contribution in [2.24, 2.45) is 10.4 Å². The topological polar surface area (TPSA) is 50.0 Å². The Kier molecular flexibility index (Phi) is 5.60. The summed E-state index contributed by atoms with van der Waals surface area (Å²) in [5.41, 5.74) is 0.613. The van der Waals surface area contributed by atoms with E-state index in [1.54, 1.807) is 6.26 Å². The molecular weight excluding hydrogens is 290 g/mol. The first-order valence-electron chi connectivity index (χ1n) is 8.95. The van der Waals surface area contributed by atoms with Crippen molar-refractivity contribution in [2.75, 3.05) is 32.8 Å². The van der Waals surface area contributed by atoms with Gasteiger partial charge in [-0.3, -0.25) is 4.99 Å². The van der Waals surface area contributed by atoms with Crippen LogP contribution in [0, 0.1) is 5.41 Å². The van der Waals surface area contributed by atoms with Gasteiger partial charge in [-0.2, -0.15) is 0 Å². The molecule has 2 fully saturated rings. The van der Waals surface area contributed by atoms with E-state index in [2.05, 4.69) is 17.1 Å². The van der Waals surface area contributed by atoms with Crippen LogP contribution in [0.25, 0.3) is 0 Å². The number of furan rings is 1. The van der Waals surface area contributed by atoms with E-state index in [9.17, 15) is 0 Å². The zero-order valence-electron chi connectivity index (χ0n) is 14.2. The Labute approximate surface area is 139 Å². The first-order valence-corrected chi connectivity index (χ1v) is 8.95. The number of ether oxygens (including phenoxy) is 1. The number of guanidine groups is 1. The summed E-state index contributed by atoms with van der Waals surface area (Å²) in [5.74, 6) is 1.96. The Hall–Kier alpha value is -1.49. The molecule has 1 spiro atoms. The Morgan fingerprint density at radius 3 is 3.00 bits per heavy atom.